The number of benzene rings is 1. The lowest BCUT2D eigenvalue weighted by Crippen LogP contribution is -1.99. The van der Waals surface area contributed by atoms with Crippen molar-refractivity contribution in [3.8, 4) is 0 Å². The van der Waals surface area contributed by atoms with Crippen LogP contribution in [-0.4, -0.2) is 5.78 Å². The fourth-order valence-electron chi connectivity index (χ4n) is 0.868. The normalized spacial score (nSPS) is 9.42. The summed E-state index contributed by atoms with van der Waals surface area (Å²) in [5.74, 6) is -0.153. The first kappa shape index (κ1) is 9.00. The van der Waals surface area contributed by atoms with Crippen LogP contribution in [0.5, 0.6) is 0 Å². The van der Waals surface area contributed by atoms with Gasteiger partial charge < -0.3 is 5.73 Å². The number of nitrogens with two attached hydrogens (primary N) is 1. The van der Waals surface area contributed by atoms with E-state index in [0.29, 0.717) is 11.3 Å². The molecule has 2 nitrogen and oxygen atoms in total. The molecule has 0 saturated carbocycles. The number of hydrogen-bond acceptors (Lipinski definition) is 2. The second-order valence-corrected chi connectivity index (χ2v) is 3.22. The smallest absolute Gasteiger partial charge is 0.187 e. The fourth-order valence-corrected chi connectivity index (χ4v) is 1.25. The summed E-state index contributed by atoms with van der Waals surface area (Å²) >= 11 is 3.25. The number of anilines is 1. The van der Waals surface area contributed by atoms with E-state index in [0.717, 1.165) is 4.47 Å². The Morgan fingerprint density at radius 1 is 1.58 bits per heavy atom. The first-order chi connectivity index (χ1) is 5.65. The quantitative estimate of drug-likeness (QED) is 0.478. The second-order valence-electron chi connectivity index (χ2n) is 2.30. The van der Waals surface area contributed by atoms with Gasteiger partial charge in [0.05, 0.1) is 0 Å². The van der Waals surface area contributed by atoms with Crippen LogP contribution in [0.4, 0.5) is 5.69 Å². The molecule has 0 aliphatic carbocycles. The molecule has 0 aliphatic heterocycles. The van der Waals surface area contributed by atoms with E-state index >= 15 is 0 Å². The number of carbonyl (C=O) groups excluding carboxylic acids is 1. The minimum absolute atomic E-state index is 0.153. The van der Waals surface area contributed by atoms with Gasteiger partial charge >= 0.3 is 0 Å². The van der Waals surface area contributed by atoms with Crippen LogP contribution in [0, 0.1) is 0 Å². The topological polar surface area (TPSA) is 43.1 Å². The molecule has 1 rings (SSSR count). The molecule has 0 atom stereocenters. The first-order valence-corrected chi connectivity index (χ1v) is 4.16. The highest BCUT2D eigenvalue weighted by molar-refractivity contribution is 9.10. The highest BCUT2D eigenvalue weighted by Gasteiger charge is 2.04. The number of allylic oxidation sites excluding steroid dienone is 1. The van der Waals surface area contributed by atoms with Crippen LogP contribution < -0.4 is 5.73 Å². The molecule has 62 valence electrons. The van der Waals surface area contributed by atoms with Crippen molar-refractivity contribution in [3.05, 3.63) is 40.9 Å². The Hall–Kier alpha value is -1.09. The van der Waals surface area contributed by atoms with Gasteiger partial charge in [0.1, 0.15) is 0 Å². The van der Waals surface area contributed by atoms with Crippen molar-refractivity contribution in [3.63, 3.8) is 0 Å². The lowest BCUT2D eigenvalue weighted by molar-refractivity contribution is 0.104. The lowest BCUT2D eigenvalue weighted by atomic mass is 10.1. The van der Waals surface area contributed by atoms with E-state index in [4.69, 9.17) is 5.73 Å². The number of ketones is 1. The predicted molar refractivity (Wildman–Crippen MR) is 53.1 cm³/mol. The average molecular weight is 226 g/mol. The largest absolute Gasteiger partial charge is 0.398 e. The average Bonchev–Trinajstić information content (AvgIpc) is 2.03. The summed E-state index contributed by atoms with van der Waals surface area (Å²) in [4.78, 5) is 11.1. The van der Waals surface area contributed by atoms with E-state index in [-0.39, 0.29) is 5.78 Å². The van der Waals surface area contributed by atoms with Crippen LogP contribution in [-0.2, 0) is 0 Å². The Balaban J connectivity index is 3.18. The monoisotopic (exact) mass is 225 g/mol. The summed E-state index contributed by atoms with van der Waals surface area (Å²) < 4.78 is 0.862. The van der Waals surface area contributed by atoms with E-state index in [2.05, 4.69) is 22.5 Å². The van der Waals surface area contributed by atoms with Crippen LogP contribution in [0.1, 0.15) is 10.4 Å². The molecule has 0 unspecified atom stereocenters. The van der Waals surface area contributed by atoms with E-state index in [9.17, 15) is 4.79 Å². The standard InChI is InChI=1S/C9H8BrNO/c1-2-9(12)7-4-3-6(10)5-8(7)11/h2-5H,1,11H2. The molecule has 0 bridgehead atoms. The Morgan fingerprint density at radius 2 is 2.25 bits per heavy atom. The summed E-state index contributed by atoms with van der Waals surface area (Å²) in [5, 5.41) is 0. The fraction of sp³-hybridized carbons (Fsp3) is 0. The molecule has 0 aliphatic rings. The van der Waals surface area contributed by atoms with Crippen molar-refractivity contribution < 1.29 is 4.79 Å². The van der Waals surface area contributed by atoms with Gasteiger partial charge in [0.15, 0.2) is 5.78 Å². The van der Waals surface area contributed by atoms with Crippen LogP contribution in [0.2, 0.25) is 0 Å². The maximum absolute atomic E-state index is 11.1. The number of nitrogen functional groups attached to an aromatic ring is 1. The molecule has 0 amide bonds. The van der Waals surface area contributed by atoms with Crippen molar-refractivity contribution in [2.24, 2.45) is 0 Å². The van der Waals surface area contributed by atoms with Crippen molar-refractivity contribution in [2.75, 3.05) is 5.73 Å². The van der Waals surface area contributed by atoms with Crippen LogP contribution in [0.3, 0.4) is 0 Å². The Bertz CT molecular complexity index is 333. The molecular formula is C9H8BrNO. The zero-order valence-corrected chi connectivity index (χ0v) is 7.97. The molecule has 3 heteroatoms. The van der Waals surface area contributed by atoms with Crippen molar-refractivity contribution in [1.29, 1.82) is 0 Å². The molecule has 0 fully saturated rings. The molecule has 0 aromatic heterocycles. The highest BCUT2D eigenvalue weighted by atomic mass is 79.9. The molecule has 0 heterocycles. The number of carbonyl (C=O) groups is 1. The SMILES string of the molecule is C=CC(=O)c1ccc(Br)cc1N. The number of halogens is 1. The Labute approximate surface area is 79.2 Å². The van der Waals surface area contributed by atoms with Crippen molar-refractivity contribution in [1.82, 2.24) is 0 Å². The van der Waals surface area contributed by atoms with Crippen LogP contribution in [0.15, 0.2) is 35.3 Å². The van der Waals surface area contributed by atoms with Crippen LogP contribution in [0.25, 0.3) is 0 Å². The van der Waals surface area contributed by atoms with Crippen molar-refractivity contribution >= 4 is 27.4 Å². The van der Waals surface area contributed by atoms with Crippen LogP contribution >= 0.6 is 15.9 Å². The third kappa shape index (κ3) is 1.74. The van der Waals surface area contributed by atoms with Gasteiger partial charge in [-0.3, -0.25) is 4.79 Å². The van der Waals surface area contributed by atoms with Gasteiger partial charge in [0.2, 0.25) is 0 Å². The van der Waals surface area contributed by atoms with Gasteiger partial charge in [-0.05, 0) is 24.3 Å². The summed E-state index contributed by atoms with van der Waals surface area (Å²) in [6.45, 7) is 3.38. The van der Waals surface area contributed by atoms with E-state index in [1.807, 2.05) is 0 Å². The summed E-state index contributed by atoms with van der Waals surface area (Å²) in [6.07, 6.45) is 1.25. The minimum atomic E-state index is -0.153. The molecule has 0 radical (unpaired) electrons. The van der Waals surface area contributed by atoms with Gasteiger partial charge in [-0.2, -0.15) is 0 Å². The van der Waals surface area contributed by atoms with Gasteiger partial charge in [-0.15, -0.1) is 0 Å². The molecule has 12 heavy (non-hydrogen) atoms. The second kappa shape index (κ2) is 3.54. The molecule has 1 aromatic rings. The molecule has 2 N–H and O–H groups in total. The third-order valence-corrected chi connectivity index (χ3v) is 1.96. The summed E-state index contributed by atoms with van der Waals surface area (Å²) in [5.41, 5.74) is 6.56. The Kier molecular flexibility index (Phi) is 2.65. The Morgan fingerprint density at radius 3 is 2.75 bits per heavy atom. The highest BCUT2D eigenvalue weighted by Crippen LogP contribution is 2.18. The van der Waals surface area contributed by atoms with E-state index in [1.54, 1.807) is 18.2 Å². The maximum Gasteiger partial charge on any atom is 0.187 e. The summed E-state index contributed by atoms with van der Waals surface area (Å²) in [7, 11) is 0. The first-order valence-electron chi connectivity index (χ1n) is 3.37. The van der Waals surface area contributed by atoms with Gasteiger partial charge in [0.25, 0.3) is 0 Å². The predicted octanol–water partition coefficient (Wildman–Crippen LogP) is 2.40. The lowest BCUT2D eigenvalue weighted by Gasteiger charge is -2.00. The number of rotatable bonds is 2. The molecular weight excluding hydrogens is 218 g/mol. The van der Waals surface area contributed by atoms with Gasteiger partial charge in [0, 0.05) is 15.7 Å². The summed E-state index contributed by atoms with van der Waals surface area (Å²) in [6, 6.07) is 5.13. The molecule has 1 aromatic carbocycles. The molecule has 0 spiro atoms. The molecule has 0 saturated heterocycles. The zero-order chi connectivity index (χ0) is 9.14. The van der Waals surface area contributed by atoms with Crippen molar-refractivity contribution in [2.45, 2.75) is 0 Å². The minimum Gasteiger partial charge on any atom is -0.398 e. The van der Waals surface area contributed by atoms with Gasteiger partial charge in [-0.1, -0.05) is 22.5 Å². The third-order valence-electron chi connectivity index (χ3n) is 1.46. The van der Waals surface area contributed by atoms with E-state index in [1.165, 1.54) is 6.08 Å². The number of hydrogen-bond donors (Lipinski definition) is 1. The van der Waals surface area contributed by atoms with Gasteiger partial charge in [-0.25, -0.2) is 0 Å². The van der Waals surface area contributed by atoms with E-state index < -0.39 is 0 Å². The zero-order valence-electron chi connectivity index (χ0n) is 6.38. The maximum atomic E-state index is 11.1.